The number of rotatable bonds is 5. The lowest BCUT2D eigenvalue weighted by Gasteiger charge is -2.37. The van der Waals surface area contributed by atoms with Gasteiger partial charge in [0, 0.05) is 45.0 Å². The second-order valence-corrected chi connectivity index (χ2v) is 7.23. The number of nitrogens with zero attached hydrogens (tertiary/aromatic N) is 3. The molecule has 1 aromatic carbocycles. The Hall–Kier alpha value is -2.52. The summed E-state index contributed by atoms with van der Waals surface area (Å²) in [5, 5.41) is 5.36. The minimum Gasteiger partial charge on any atom is -0.353 e. The minimum absolute atomic E-state index is 0.140. The van der Waals surface area contributed by atoms with Crippen LogP contribution in [0.5, 0.6) is 0 Å². The van der Waals surface area contributed by atoms with Crippen molar-refractivity contribution >= 4 is 23.4 Å². The minimum atomic E-state index is -0.839. The fourth-order valence-electron chi connectivity index (χ4n) is 3.43. The van der Waals surface area contributed by atoms with E-state index in [-0.39, 0.29) is 24.8 Å². The Morgan fingerprint density at radius 1 is 1.14 bits per heavy atom. The molecule has 1 aromatic rings. The van der Waals surface area contributed by atoms with Crippen LogP contribution in [0.1, 0.15) is 6.42 Å². The molecule has 28 heavy (non-hydrogen) atoms. The van der Waals surface area contributed by atoms with E-state index in [9.17, 15) is 18.8 Å². The molecule has 0 saturated carbocycles. The summed E-state index contributed by atoms with van der Waals surface area (Å²) in [6.07, 6.45) is -0.141. The van der Waals surface area contributed by atoms with Gasteiger partial charge in [0.1, 0.15) is 11.9 Å². The van der Waals surface area contributed by atoms with Crippen molar-refractivity contribution in [3.05, 3.63) is 30.1 Å². The Bertz CT molecular complexity index is 719. The summed E-state index contributed by atoms with van der Waals surface area (Å²) < 4.78 is 13.0. The van der Waals surface area contributed by atoms with Crippen LogP contribution in [-0.2, 0) is 14.4 Å². The molecule has 152 valence electrons. The molecule has 2 N–H and O–H groups in total. The Balaban J connectivity index is 1.59. The quantitative estimate of drug-likeness (QED) is 0.722. The SMILES string of the molecule is CN1CCN(CC(=O)N2CCNC(=O)C2CC(=O)Nc2ccc(F)cc2)CC1. The summed E-state index contributed by atoms with van der Waals surface area (Å²) in [6.45, 7) is 4.41. The van der Waals surface area contributed by atoms with Crippen LogP contribution in [0, 0.1) is 5.82 Å². The third kappa shape index (κ3) is 5.26. The van der Waals surface area contributed by atoms with E-state index in [2.05, 4.69) is 20.4 Å². The number of carbonyl (C=O) groups excluding carboxylic acids is 3. The van der Waals surface area contributed by atoms with E-state index in [4.69, 9.17) is 0 Å². The summed E-state index contributed by atoms with van der Waals surface area (Å²) in [5.74, 6) is -1.26. The van der Waals surface area contributed by atoms with E-state index in [1.165, 1.54) is 29.2 Å². The number of halogens is 1. The monoisotopic (exact) mass is 391 g/mol. The summed E-state index contributed by atoms with van der Waals surface area (Å²) in [7, 11) is 2.05. The van der Waals surface area contributed by atoms with Crippen molar-refractivity contribution in [2.45, 2.75) is 12.5 Å². The highest BCUT2D eigenvalue weighted by Gasteiger charge is 2.35. The number of amides is 3. The van der Waals surface area contributed by atoms with Crippen LogP contribution in [0.15, 0.2) is 24.3 Å². The van der Waals surface area contributed by atoms with Gasteiger partial charge in [-0.3, -0.25) is 19.3 Å². The molecule has 3 amide bonds. The van der Waals surface area contributed by atoms with Crippen molar-refractivity contribution in [1.29, 1.82) is 0 Å². The highest BCUT2D eigenvalue weighted by Crippen LogP contribution is 2.14. The fourth-order valence-corrected chi connectivity index (χ4v) is 3.43. The van der Waals surface area contributed by atoms with Gasteiger partial charge >= 0.3 is 0 Å². The fraction of sp³-hybridized carbons (Fsp3) is 0.526. The van der Waals surface area contributed by atoms with Gasteiger partial charge in [0.15, 0.2) is 0 Å². The van der Waals surface area contributed by atoms with Gasteiger partial charge in [0.25, 0.3) is 0 Å². The van der Waals surface area contributed by atoms with Crippen molar-refractivity contribution in [3.63, 3.8) is 0 Å². The topological polar surface area (TPSA) is 85.0 Å². The number of nitrogens with one attached hydrogen (secondary N) is 2. The molecule has 1 unspecified atom stereocenters. The molecule has 2 aliphatic rings. The first-order valence-corrected chi connectivity index (χ1v) is 9.46. The lowest BCUT2D eigenvalue weighted by molar-refractivity contribution is -0.145. The van der Waals surface area contributed by atoms with Crippen LogP contribution in [0.2, 0.25) is 0 Å². The maximum atomic E-state index is 13.0. The zero-order chi connectivity index (χ0) is 20.1. The molecule has 1 atom stereocenters. The first-order chi connectivity index (χ1) is 13.4. The molecule has 3 rings (SSSR count). The van der Waals surface area contributed by atoms with Crippen molar-refractivity contribution in [2.75, 3.05) is 58.2 Å². The number of anilines is 1. The number of hydrogen-bond donors (Lipinski definition) is 2. The molecule has 2 fully saturated rings. The normalized spacial score (nSPS) is 21.3. The van der Waals surface area contributed by atoms with E-state index >= 15 is 0 Å². The van der Waals surface area contributed by atoms with Crippen LogP contribution >= 0.6 is 0 Å². The van der Waals surface area contributed by atoms with Gasteiger partial charge in [0.2, 0.25) is 17.7 Å². The smallest absolute Gasteiger partial charge is 0.243 e. The third-order valence-electron chi connectivity index (χ3n) is 5.11. The van der Waals surface area contributed by atoms with E-state index in [0.717, 1.165) is 26.2 Å². The number of benzene rings is 1. The Labute approximate surface area is 163 Å². The summed E-state index contributed by atoms with van der Waals surface area (Å²) >= 11 is 0. The van der Waals surface area contributed by atoms with Crippen LogP contribution < -0.4 is 10.6 Å². The van der Waals surface area contributed by atoms with Crippen LogP contribution in [0.25, 0.3) is 0 Å². The maximum absolute atomic E-state index is 13.0. The maximum Gasteiger partial charge on any atom is 0.243 e. The molecular weight excluding hydrogens is 365 g/mol. The van der Waals surface area contributed by atoms with Gasteiger partial charge in [-0.15, -0.1) is 0 Å². The van der Waals surface area contributed by atoms with E-state index in [1.54, 1.807) is 0 Å². The van der Waals surface area contributed by atoms with Crippen LogP contribution in [0.3, 0.4) is 0 Å². The molecule has 0 aliphatic carbocycles. The Morgan fingerprint density at radius 3 is 2.50 bits per heavy atom. The van der Waals surface area contributed by atoms with Crippen molar-refractivity contribution < 1.29 is 18.8 Å². The Morgan fingerprint density at radius 2 is 1.82 bits per heavy atom. The van der Waals surface area contributed by atoms with Crippen LogP contribution in [0.4, 0.5) is 10.1 Å². The molecule has 0 spiro atoms. The summed E-state index contributed by atoms with van der Waals surface area (Å²) in [4.78, 5) is 43.3. The predicted molar refractivity (Wildman–Crippen MR) is 102 cm³/mol. The molecule has 9 heteroatoms. The highest BCUT2D eigenvalue weighted by atomic mass is 19.1. The molecule has 0 radical (unpaired) electrons. The van der Waals surface area contributed by atoms with Crippen molar-refractivity contribution in [1.82, 2.24) is 20.0 Å². The van der Waals surface area contributed by atoms with Gasteiger partial charge in [-0.05, 0) is 31.3 Å². The average Bonchev–Trinajstić information content (AvgIpc) is 2.67. The van der Waals surface area contributed by atoms with E-state index < -0.39 is 17.8 Å². The van der Waals surface area contributed by atoms with Gasteiger partial charge in [0.05, 0.1) is 13.0 Å². The van der Waals surface area contributed by atoms with E-state index in [1.807, 2.05) is 7.05 Å². The molecule has 0 aromatic heterocycles. The first kappa shape index (κ1) is 20.2. The molecule has 2 heterocycles. The van der Waals surface area contributed by atoms with Gasteiger partial charge in [-0.1, -0.05) is 0 Å². The molecular formula is C19H26FN5O3. The lowest BCUT2D eigenvalue weighted by Crippen LogP contribution is -2.60. The van der Waals surface area contributed by atoms with Gasteiger partial charge < -0.3 is 20.4 Å². The first-order valence-electron chi connectivity index (χ1n) is 9.46. The van der Waals surface area contributed by atoms with Crippen molar-refractivity contribution in [2.24, 2.45) is 0 Å². The Kier molecular flexibility index (Phi) is 6.58. The van der Waals surface area contributed by atoms with Crippen molar-refractivity contribution in [3.8, 4) is 0 Å². The molecule has 8 nitrogen and oxygen atoms in total. The number of carbonyl (C=O) groups is 3. The number of likely N-dealkylation sites (N-methyl/N-ethyl adjacent to an activating group) is 1. The standard InChI is InChI=1S/C19H26FN5O3/c1-23-8-10-24(11-9-23)13-18(27)25-7-6-21-19(28)16(25)12-17(26)22-15-4-2-14(20)3-5-15/h2-5,16H,6-13H2,1H3,(H,21,28)(H,22,26). The zero-order valence-electron chi connectivity index (χ0n) is 16.0. The van der Waals surface area contributed by atoms with E-state index in [0.29, 0.717) is 18.8 Å². The number of piperazine rings is 2. The predicted octanol–water partition coefficient (Wildman–Crippen LogP) is -0.271. The summed E-state index contributed by atoms with van der Waals surface area (Å²) in [5.41, 5.74) is 0.443. The third-order valence-corrected chi connectivity index (χ3v) is 5.11. The average molecular weight is 391 g/mol. The second kappa shape index (κ2) is 9.11. The molecule has 2 saturated heterocycles. The lowest BCUT2D eigenvalue weighted by atomic mass is 10.1. The summed E-state index contributed by atoms with van der Waals surface area (Å²) in [6, 6.07) is 4.55. The molecule has 0 bridgehead atoms. The highest BCUT2D eigenvalue weighted by molar-refractivity contribution is 5.97. The van der Waals surface area contributed by atoms with Gasteiger partial charge in [-0.25, -0.2) is 4.39 Å². The van der Waals surface area contributed by atoms with Gasteiger partial charge in [-0.2, -0.15) is 0 Å². The van der Waals surface area contributed by atoms with Crippen LogP contribution in [-0.4, -0.2) is 91.3 Å². The second-order valence-electron chi connectivity index (χ2n) is 7.23. The number of hydrogen-bond acceptors (Lipinski definition) is 5. The zero-order valence-corrected chi connectivity index (χ0v) is 16.0. The molecule has 2 aliphatic heterocycles. The largest absolute Gasteiger partial charge is 0.353 e.